The molecule has 0 aromatic heterocycles. The monoisotopic (exact) mass is 258 g/mol. The van der Waals surface area contributed by atoms with Gasteiger partial charge in [-0.2, -0.15) is 0 Å². The van der Waals surface area contributed by atoms with Gasteiger partial charge in [0, 0.05) is 11.2 Å². The molecule has 1 fully saturated rings. The molecule has 12 heavy (non-hydrogen) atoms. The van der Waals surface area contributed by atoms with E-state index in [0.717, 1.165) is 18.2 Å². The van der Waals surface area contributed by atoms with Crippen LogP contribution in [0.15, 0.2) is 0 Å². The van der Waals surface area contributed by atoms with Gasteiger partial charge < -0.3 is 4.89 Å². The Bertz CT molecular complexity index is 174. The van der Waals surface area contributed by atoms with Crippen LogP contribution in [0.3, 0.4) is 0 Å². The van der Waals surface area contributed by atoms with Gasteiger partial charge in [-0.3, -0.25) is 9.05 Å². The highest BCUT2D eigenvalue weighted by atomic mass is 79.9. The molecule has 1 rings (SSSR count). The lowest BCUT2D eigenvalue weighted by Gasteiger charge is -2.24. The van der Waals surface area contributed by atoms with Crippen LogP contribution in [0.4, 0.5) is 0 Å². The van der Waals surface area contributed by atoms with E-state index in [0.29, 0.717) is 13.2 Å². The molecule has 0 amide bonds. The molecule has 1 saturated heterocycles. The van der Waals surface area contributed by atoms with Crippen molar-refractivity contribution in [1.82, 2.24) is 0 Å². The largest absolute Gasteiger partial charge is 0.472 e. The molecule has 1 aliphatic heterocycles. The number of alkyl halides is 1. The maximum absolute atomic E-state index is 10.8. The van der Waals surface area contributed by atoms with E-state index in [4.69, 9.17) is 4.89 Å². The summed E-state index contributed by atoms with van der Waals surface area (Å²) in [5.41, 5.74) is 0. The highest BCUT2D eigenvalue weighted by molar-refractivity contribution is 9.09. The zero-order valence-corrected chi connectivity index (χ0v) is 9.09. The van der Waals surface area contributed by atoms with Crippen molar-refractivity contribution in [2.75, 3.05) is 18.5 Å². The molecule has 0 bridgehead atoms. The fourth-order valence-corrected chi connectivity index (χ4v) is 2.21. The molecule has 0 aromatic rings. The van der Waals surface area contributed by atoms with Crippen molar-refractivity contribution in [2.24, 2.45) is 5.92 Å². The van der Waals surface area contributed by atoms with Crippen LogP contribution in [0.2, 0.25) is 0 Å². The van der Waals surface area contributed by atoms with E-state index in [-0.39, 0.29) is 5.92 Å². The lowest BCUT2D eigenvalue weighted by molar-refractivity contribution is 0.0549. The predicted molar refractivity (Wildman–Crippen MR) is 48.2 cm³/mol. The van der Waals surface area contributed by atoms with Gasteiger partial charge in [-0.05, 0) is 12.8 Å². The molecule has 0 radical (unpaired) electrons. The van der Waals surface area contributed by atoms with E-state index in [2.05, 4.69) is 25.0 Å². The Balaban J connectivity index is 2.22. The number of hydrogen-bond acceptors (Lipinski definition) is 3. The average Bonchev–Trinajstić information content (AvgIpc) is 2.03. The first-order chi connectivity index (χ1) is 5.64. The second-order valence-corrected chi connectivity index (χ2v) is 5.00. The van der Waals surface area contributed by atoms with Crippen molar-refractivity contribution in [1.29, 1.82) is 0 Å². The normalized spacial score (nSPS) is 36.7. The summed E-state index contributed by atoms with van der Waals surface area (Å²) in [5.74, 6) is 0.261. The first-order valence-corrected chi connectivity index (χ1v) is 6.43. The maximum Gasteiger partial charge on any atom is 0.472 e. The molecule has 0 aliphatic carbocycles. The molecule has 6 heteroatoms. The third-order valence-corrected chi connectivity index (χ3v) is 3.20. The Morgan fingerprint density at radius 2 is 2.08 bits per heavy atom. The summed E-state index contributed by atoms with van der Waals surface area (Å²) in [6, 6.07) is 0. The smallest absolute Gasteiger partial charge is 0.302 e. The summed E-state index contributed by atoms with van der Waals surface area (Å²) in [4.78, 5) is 8.82. The molecule has 72 valence electrons. The Labute approximate surface area is 80.0 Å². The van der Waals surface area contributed by atoms with E-state index in [9.17, 15) is 4.57 Å². The fourth-order valence-electron chi connectivity index (χ4n) is 1.02. The molecule has 0 aromatic carbocycles. The third-order valence-electron chi connectivity index (χ3n) is 1.69. The van der Waals surface area contributed by atoms with Crippen molar-refractivity contribution < 1.29 is 18.5 Å². The summed E-state index contributed by atoms with van der Waals surface area (Å²) in [6.07, 6.45) is 2.00. The molecule has 0 atom stereocenters. The third kappa shape index (κ3) is 3.54. The van der Waals surface area contributed by atoms with Crippen molar-refractivity contribution in [2.45, 2.75) is 12.8 Å². The maximum atomic E-state index is 10.8. The van der Waals surface area contributed by atoms with Crippen LogP contribution in [0.25, 0.3) is 0 Å². The summed E-state index contributed by atoms with van der Waals surface area (Å²) < 4.78 is 20.1. The minimum atomic E-state index is -3.67. The van der Waals surface area contributed by atoms with Crippen LogP contribution in [-0.2, 0) is 13.6 Å². The standard InChI is InChI=1S/C6H12BrO4P/c7-3-1-2-6-4-10-12(8,9)11-5-6/h6H,1-5H2,(H,8,9). The number of phosphoric acid groups is 1. The van der Waals surface area contributed by atoms with Gasteiger partial charge in [0.15, 0.2) is 0 Å². The molecular weight excluding hydrogens is 247 g/mol. The van der Waals surface area contributed by atoms with Crippen LogP contribution in [-0.4, -0.2) is 23.4 Å². The summed E-state index contributed by atoms with van der Waals surface area (Å²) in [6.45, 7) is 0.668. The van der Waals surface area contributed by atoms with E-state index in [1.54, 1.807) is 0 Å². The predicted octanol–water partition coefficient (Wildman–Crippen LogP) is 1.92. The van der Waals surface area contributed by atoms with E-state index >= 15 is 0 Å². The van der Waals surface area contributed by atoms with E-state index in [1.807, 2.05) is 0 Å². The van der Waals surface area contributed by atoms with Crippen molar-refractivity contribution in [3.05, 3.63) is 0 Å². The Kier molecular flexibility index (Phi) is 4.20. The van der Waals surface area contributed by atoms with E-state index < -0.39 is 7.82 Å². The summed E-state index contributed by atoms with van der Waals surface area (Å²) >= 11 is 3.31. The zero-order chi connectivity index (χ0) is 9.03. The minimum absolute atomic E-state index is 0.261. The number of halogens is 1. The lowest BCUT2D eigenvalue weighted by atomic mass is 10.1. The van der Waals surface area contributed by atoms with Crippen molar-refractivity contribution in [3.63, 3.8) is 0 Å². The minimum Gasteiger partial charge on any atom is -0.302 e. The first-order valence-electron chi connectivity index (χ1n) is 3.82. The van der Waals surface area contributed by atoms with Gasteiger partial charge in [0.1, 0.15) is 0 Å². The van der Waals surface area contributed by atoms with Crippen LogP contribution in [0, 0.1) is 5.92 Å². The second kappa shape index (κ2) is 4.72. The summed E-state index contributed by atoms with van der Waals surface area (Å²) in [5, 5.41) is 0.945. The Morgan fingerprint density at radius 3 is 2.58 bits per heavy atom. The van der Waals surface area contributed by atoms with Gasteiger partial charge in [-0.25, -0.2) is 4.57 Å². The lowest BCUT2D eigenvalue weighted by Crippen LogP contribution is -2.21. The van der Waals surface area contributed by atoms with Crippen LogP contribution in [0.5, 0.6) is 0 Å². The second-order valence-electron chi connectivity index (χ2n) is 2.76. The van der Waals surface area contributed by atoms with Gasteiger partial charge in [-0.1, -0.05) is 15.9 Å². The molecule has 1 N–H and O–H groups in total. The molecule has 0 spiro atoms. The van der Waals surface area contributed by atoms with Gasteiger partial charge in [0.05, 0.1) is 13.2 Å². The van der Waals surface area contributed by atoms with Crippen LogP contribution >= 0.6 is 23.8 Å². The SMILES string of the molecule is O=P1(O)OCC(CCCBr)CO1. The highest BCUT2D eigenvalue weighted by Crippen LogP contribution is 2.47. The van der Waals surface area contributed by atoms with E-state index in [1.165, 1.54) is 0 Å². The van der Waals surface area contributed by atoms with Gasteiger partial charge >= 0.3 is 7.82 Å². The topological polar surface area (TPSA) is 55.8 Å². The Morgan fingerprint density at radius 1 is 1.50 bits per heavy atom. The molecule has 1 aliphatic rings. The van der Waals surface area contributed by atoms with Crippen LogP contribution < -0.4 is 0 Å². The quantitative estimate of drug-likeness (QED) is 0.621. The summed E-state index contributed by atoms with van der Waals surface area (Å²) in [7, 11) is -3.67. The molecule has 1 heterocycles. The highest BCUT2D eigenvalue weighted by Gasteiger charge is 2.29. The zero-order valence-electron chi connectivity index (χ0n) is 6.61. The number of hydrogen-bond donors (Lipinski definition) is 1. The molecule has 0 unspecified atom stereocenters. The fraction of sp³-hybridized carbons (Fsp3) is 1.00. The van der Waals surface area contributed by atoms with Gasteiger partial charge in [0.2, 0.25) is 0 Å². The number of rotatable bonds is 3. The first kappa shape index (κ1) is 10.7. The van der Waals surface area contributed by atoms with Crippen molar-refractivity contribution >= 4 is 23.8 Å². The molecular formula is C6H12BrO4P. The van der Waals surface area contributed by atoms with Crippen LogP contribution in [0.1, 0.15) is 12.8 Å². The molecule has 0 saturated carbocycles. The van der Waals surface area contributed by atoms with Crippen molar-refractivity contribution in [3.8, 4) is 0 Å². The molecule has 4 nitrogen and oxygen atoms in total. The number of phosphoric ester groups is 1. The van der Waals surface area contributed by atoms with Gasteiger partial charge in [-0.15, -0.1) is 0 Å². The van der Waals surface area contributed by atoms with Gasteiger partial charge in [0.25, 0.3) is 0 Å². The Hall–Kier alpha value is 0.590. The average molecular weight is 259 g/mol.